The Kier molecular flexibility index (Phi) is 2.88. The fraction of sp³-hybridized carbons (Fsp3) is 0.364. The van der Waals surface area contributed by atoms with Gasteiger partial charge in [0.2, 0.25) is 0 Å². The summed E-state index contributed by atoms with van der Waals surface area (Å²) in [7, 11) is 1.88. The van der Waals surface area contributed by atoms with Gasteiger partial charge in [-0.1, -0.05) is 0 Å². The quantitative estimate of drug-likeness (QED) is 0.863. The summed E-state index contributed by atoms with van der Waals surface area (Å²) < 4.78 is 1.75. The summed E-state index contributed by atoms with van der Waals surface area (Å²) in [5, 5.41) is 16.1. The van der Waals surface area contributed by atoms with E-state index in [0.29, 0.717) is 6.42 Å². The summed E-state index contributed by atoms with van der Waals surface area (Å²) >= 11 is 1.61. The molecule has 15 heavy (non-hydrogen) atoms. The van der Waals surface area contributed by atoms with Crippen molar-refractivity contribution >= 4 is 11.3 Å². The first-order valence-electron chi connectivity index (χ1n) is 4.86. The minimum absolute atomic E-state index is 0.408. The molecule has 0 fully saturated rings. The monoisotopic (exact) mass is 222 g/mol. The van der Waals surface area contributed by atoms with E-state index in [-0.39, 0.29) is 0 Å². The largest absolute Gasteiger partial charge is 0.387 e. The van der Waals surface area contributed by atoms with Crippen molar-refractivity contribution in [1.82, 2.24) is 9.78 Å². The van der Waals surface area contributed by atoms with Gasteiger partial charge in [-0.25, -0.2) is 0 Å². The molecular formula is C11H14N2OS. The Bertz CT molecular complexity index is 447. The van der Waals surface area contributed by atoms with Gasteiger partial charge in [0.1, 0.15) is 0 Å². The van der Waals surface area contributed by atoms with E-state index in [9.17, 15) is 5.11 Å². The molecule has 1 atom stereocenters. The molecule has 1 unspecified atom stereocenters. The highest BCUT2D eigenvalue weighted by Gasteiger charge is 2.13. The molecule has 0 aliphatic carbocycles. The fourth-order valence-electron chi connectivity index (χ4n) is 1.62. The van der Waals surface area contributed by atoms with E-state index < -0.39 is 6.10 Å². The Balaban J connectivity index is 2.10. The van der Waals surface area contributed by atoms with E-state index in [0.717, 1.165) is 16.0 Å². The maximum Gasteiger partial charge on any atom is 0.0925 e. The maximum atomic E-state index is 10.0. The molecule has 0 saturated carbocycles. The Hall–Kier alpha value is -1.13. The lowest BCUT2D eigenvalue weighted by atomic mass is 10.1. The van der Waals surface area contributed by atoms with E-state index in [4.69, 9.17) is 0 Å². The van der Waals surface area contributed by atoms with Crippen LogP contribution in [0.2, 0.25) is 0 Å². The van der Waals surface area contributed by atoms with E-state index in [1.807, 2.05) is 31.6 Å². The van der Waals surface area contributed by atoms with Crippen molar-refractivity contribution in [2.45, 2.75) is 19.4 Å². The number of rotatable bonds is 3. The summed E-state index contributed by atoms with van der Waals surface area (Å²) in [6.45, 7) is 2.03. The average molecular weight is 222 g/mol. The molecule has 0 saturated heterocycles. The molecule has 3 nitrogen and oxygen atoms in total. The predicted molar refractivity (Wildman–Crippen MR) is 60.9 cm³/mol. The Morgan fingerprint density at radius 2 is 2.40 bits per heavy atom. The lowest BCUT2D eigenvalue weighted by molar-refractivity contribution is 0.181. The van der Waals surface area contributed by atoms with Crippen molar-refractivity contribution in [1.29, 1.82) is 0 Å². The van der Waals surface area contributed by atoms with Gasteiger partial charge in [0, 0.05) is 24.5 Å². The van der Waals surface area contributed by atoms with Crippen molar-refractivity contribution in [3.05, 3.63) is 39.8 Å². The number of aromatic nitrogens is 2. The molecular weight excluding hydrogens is 208 g/mol. The molecule has 4 heteroatoms. The van der Waals surface area contributed by atoms with Gasteiger partial charge in [-0.3, -0.25) is 4.68 Å². The van der Waals surface area contributed by atoms with Gasteiger partial charge in [-0.05, 0) is 29.5 Å². The number of thiophene rings is 1. The summed E-state index contributed by atoms with van der Waals surface area (Å²) in [5.41, 5.74) is 2.23. The third-order valence-electron chi connectivity index (χ3n) is 2.39. The van der Waals surface area contributed by atoms with Gasteiger partial charge < -0.3 is 5.11 Å². The zero-order valence-electron chi connectivity index (χ0n) is 8.84. The van der Waals surface area contributed by atoms with Gasteiger partial charge >= 0.3 is 0 Å². The van der Waals surface area contributed by atoms with Crippen molar-refractivity contribution < 1.29 is 5.11 Å². The first-order valence-corrected chi connectivity index (χ1v) is 5.74. The van der Waals surface area contributed by atoms with Gasteiger partial charge in [0.15, 0.2) is 0 Å². The summed E-state index contributed by atoms with van der Waals surface area (Å²) in [4.78, 5) is 1.05. The van der Waals surface area contributed by atoms with E-state index in [1.54, 1.807) is 22.2 Å². The van der Waals surface area contributed by atoms with Crippen LogP contribution in [0.5, 0.6) is 0 Å². The van der Waals surface area contributed by atoms with Crippen molar-refractivity contribution in [3.63, 3.8) is 0 Å². The zero-order valence-corrected chi connectivity index (χ0v) is 9.66. The van der Waals surface area contributed by atoms with Crippen LogP contribution in [-0.4, -0.2) is 14.9 Å². The second-order valence-electron chi connectivity index (χ2n) is 3.71. The predicted octanol–water partition coefficient (Wildman–Crippen LogP) is 2.07. The highest BCUT2D eigenvalue weighted by atomic mass is 32.1. The van der Waals surface area contributed by atoms with Crippen LogP contribution >= 0.6 is 11.3 Å². The summed E-state index contributed by atoms with van der Waals surface area (Å²) in [6, 6.07) is 2.03. The van der Waals surface area contributed by atoms with E-state index >= 15 is 0 Å². The maximum absolute atomic E-state index is 10.0. The second kappa shape index (κ2) is 4.16. The molecule has 0 spiro atoms. The Morgan fingerprint density at radius 3 is 2.93 bits per heavy atom. The van der Waals surface area contributed by atoms with Gasteiger partial charge in [0.25, 0.3) is 0 Å². The standard InChI is InChI=1S/C11H14N2OS/c1-8-3-4-15-11(8)10(14)5-9-6-12-13(2)7-9/h3-4,6-7,10,14H,5H2,1-2H3. The average Bonchev–Trinajstić information content (AvgIpc) is 2.75. The van der Waals surface area contributed by atoms with Crippen molar-refractivity contribution in [3.8, 4) is 0 Å². The van der Waals surface area contributed by atoms with Crippen LogP contribution in [0.4, 0.5) is 0 Å². The minimum atomic E-state index is -0.408. The summed E-state index contributed by atoms with van der Waals surface area (Å²) in [5.74, 6) is 0. The van der Waals surface area contributed by atoms with Crippen molar-refractivity contribution in [2.75, 3.05) is 0 Å². The fourth-order valence-corrected chi connectivity index (χ4v) is 2.53. The normalized spacial score (nSPS) is 13.0. The molecule has 2 heterocycles. The lowest BCUT2D eigenvalue weighted by Crippen LogP contribution is -2.00. The van der Waals surface area contributed by atoms with E-state index in [1.165, 1.54) is 0 Å². The highest BCUT2D eigenvalue weighted by molar-refractivity contribution is 7.10. The topological polar surface area (TPSA) is 38.1 Å². The van der Waals surface area contributed by atoms with Crippen LogP contribution in [-0.2, 0) is 13.5 Å². The second-order valence-corrected chi connectivity index (χ2v) is 4.66. The van der Waals surface area contributed by atoms with Gasteiger partial charge in [-0.15, -0.1) is 11.3 Å². The van der Waals surface area contributed by atoms with Crippen LogP contribution in [0.25, 0.3) is 0 Å². The first-order chi connectivity index (χ1) is 7.16. The molecule has 80 valence electrons. The highest BCUT2D eigenvalue weighted by Crippen LogP contribution is 2.26. The van der Waals surface area contributed by atoms with Gasteiger partial charge in [-0.2, -0.15) is 5.10 Å². The molecule has 2 rings (SSSR count). The molecule has 0 amide bonds. The molecule has 0 aliphatic rings. The van der Waals surface area contributed by atoms with Crippen LogP contribution < -0.4 is 0 Å². The molecule has 2 aromatic rings. The molecule has 2 aromatic heterocycles. The SMILES string of the molecule is Cc1ccsc1C(O)Cc1cnn(C)c1. The molecule has 0 aliphatic heterocycles. The van der Waals surface area contributed by atoms with Gasteiger partial charge in [0.05, 0.1) is 12.3 Å². The van der Waals surface area contributed by atoms with E-state index in [2.05, 4.69) is 5.10 Å². The third-order valence-corrected chi connectivity index (χ3v) is 3.51. The lowest BCUT2D eigenvalue weighted by Gasteiger charge is -2.07. The van der Waals surface area contributed by atoms with Crippen LogP contribution in [0.15, 0.2) is 23.8 Å². The number of hydrogen-bond donors (Lipinski definition) is 1. The number of aliphatic hydroxyl groups is 1. The number of hydrogen-bond acceptors (Lipinski definition) is 3. The minimum Gasteiger partial charge on any atom is -0.387 e. The molecule has 1 N–H and O–H groups in total. The first kappa shape index (κ1) is 10.4. The van der Waals surface area contributed by atoms with Crippen LogP contribution in [0.1, 0.15) is 22.1 Å². The third kappa shape index (κ3) is 2.27. The van der Waals surface area contributed by atoms with Crippen LogP contribution in [0, 0.1) is 6.92 Å². The Morgan fingerprint density at radius 1 is 1.60 bits per heavy atom. The number of nitrogens with zero attached hydrogens (tertiary/aromatic N) is 2. The zero-order chi connectivity index (χ0) is 10.8. The molecule has 0 radical (unpaired) electrons. The number of aryl methyl sites for hydroxylation is 2. The molecule has 0 aromatic carbocycles. The number of aliphatic hydroxyl groups excluding tert-OH is 1. The Labute approximate surface area is 93.0 Å². The smallest absolute Gasteiger partial charge is 0.0925 e. The summed E-state index contributed by atoms with van der Waals surface area (Å²) in [6.07, 6.45) is 3.96. The molecule has 0 bridgehead atoms. The van der Waals surface area contributed by atoms with Crippen molar-refractivity contribution in [2.24, 2.45) is 7.05 Å². The van der Waals surface area contributed by atoms with Crippen LogP contribution in [0.3, 0.4) is 0 Å².